The fraction of sp³-hybridized carbons (Fsp3) is 0.818. The molecule has 1 saturated carbocycles. The van der Waals surface area contributed by atoms with Crippen LogP contribution in [-0.4, -0.2) is 0 Å². The van der Waals surface area contributed by atoms with Crippen LogP contribution < -0.4 is 0 Å². The van der Waals surface area contributed by atoms with E-state index < -0.39 is 0 Å². The molecule has 62 valence electrons. The van der Waals surface area contributed by atoms with Crippen molar-refractivity contribution in [2.24, 2.45) is 11.3 Å². The summed E-state index contributed by atoms with van der Waals surface area (Å²) in [4.78, 5) is 0. The van der Waals surface area contributed by atoms with Crippen LogP contribution in [0.25, 0.3) is 0 Å². The molecule has 0 bridgehead atoms. The lowest BCUT2D eigenvalue weighted by Crippen LogP contribution is -2.41. The molecule has 1 fully saturated rings. The SMILES string of the molecule is CC1=C(C)C2(C)CCCCC12. The Bertz CT molecular complexity index is 212. The van der Waals surface area contributed by atoms with Gasteiger partial charge in [0.15, 0.2) is 0 Å². The molecule has 0 nitrogen and oxygen atoms in total. The first-order valence-corrected chi connectivity index (χ1v) is 4.84. The lowest BCUT2D eigenvalue weighted by molar-refractivity contribution is 0.143. The van der Waals surface area contributed by atoms with E-state index in [4.69, 9.17) is 0 Å². The molecule has 0 spiro atoms. The number of hydrogen-bond acceptors (Lipinski definition) is 0. The molecular weight excluding hydrogens is 132 g/mol. The smallest absolute Gasteiger partial charge is 0.00511 e. The number of rotatable bonds is 0. The Kier molecular flexibility index (Phi) is 1.42. The Labute approximate surface area is 69.7 Å². The minimum atomic E-state index is 0.627. The van der Waals surface area contributed by atoms with Crippen LogP contribution in [0.15, 0.2) is 11.1 Å². The second-order valence-corrected chi connectivity index (χ2v) is 4.52. The lowest BCUT2D eigenvalue weighted by atomic mass is 9.52. The monoisotopic (exact) mass is 150 g/mol. The highest BCUT2D eigenvalue weighted by Crippen LogP contribution is 2.58. The van der Waals surface area contributed by atoms with E-state index in [0.717, 1.165) is 5.92 Å². The van der Waals surface area contributed by atoms with Gasteiger partial charge in [-0.15, -0.1) is 0 Å². The molecular formula is C11H18. The first kappa shape index (κ1) is 7.39. The molecule has 0 aromatic rings. The van der Waals surface area contributed by atoms with Crippen molar-refractivity contribution in [3.8, 4) is 0 Å². The molecule has 0 aromatic heterocycles. The summed E-state index contributed by atoms with van der Waals surface area (Å²) in [7, 11) is 0. The lowest BCUT2D eigenvalue weighted by Gasteiger charge is -2.52. The van der Waals surface area contributed by atoms with E-state index in [1.807, 2.05) is 0 Å². The van der Waals surface area contributed by atoms with Crippen molar-refractivity contribution in [1.29, 1.82) is 0 Å². The van der Waals surface area contributed by atoms with Gasteiger partial charge in [0.25, 0.3) is 0 Å². The topological polar surface area (TPSA) is 0 Å². The average molecular weight is 150 g/mol. The summed E-state index contributed by atoms with van der Waals surface area (Å²) in [6.07, 6.45) is 5.82. The summed E-state index contributed by atoms with van der Waals surface area (Å²) >= 11 is 0. The van der Waals surface area contributed by atoms with Crippen molar-refractivity contribution < 1.29 is 0 Å². The average Bonchev–Trinajstić information content (AvgIpc) is 2.04. The summed E-state index contributed by atoms with van der Waals surface area (Å²) in [5.74, 6) is 0.955. The van der Waals surface area contributed by atoms with Crippen LogP contribution in [0, 0.1) is 11.3 Å². The van der Waals surface area contributed by atoms with E-state index in [0.29, 0.717) is 5.41 Å². The maximum Gasteiger partial charge on any atom is -0.00511 e. The molecule has 0 heterocycles. The molecule has 2 rings (SSSR count). The Morgan fingerprint density at radius 1 is 1.27 bits per heavy atom. The summed E-state index contributed by atoms with van der Waals surface area (Å²) in [6, 6.07) is 0. The van der Waals surface area contributed by atoms with E-state index in [1.54, 1.807) is 11.1 Å². The summed E-state index contributed by atoms with van der Waals surface area (Å²) in [5.41, 5.74) is 4.02. The van der Waals surface area contributed by atoms with Gasteiger partial charge >= 0.3 is 0 Å². The predicted molar refractivity (Wildman–Crippen MR) is 48.4 cm³/mol. The molecule has 0 radical (unpaired) electrons. The van der Waals surface area contributed by atoms with Crippen LogP contribution in [-0.2, 0) is 0 Å². The highest BCUT2D eigenvalue weighted by Gasteiger charge is 2.46. The molecule has 11 heavy (non-hydrogen) atoms. The fourth-order valence-corrected chi connectivity index (χ4v) is 3.11. The highest BCUT2D eigenvalue weighted by molar-refractivity contribution is 5.35. The standard InChI is InChI=1S/C11H18/c1-8-9(2)11(3)7-5-4-6-10(8)11/h10H,4-7H2,1-3H3. The molecule has 0 saturated heterocycles. The minimum absolute atomic E-state index is 0.627. The van der Waals surface area contributed by atoms with Crippen molar-refractivity contribution in [3.63, 3.8) is 0 Å². The van der Waals surface area contributed by atoms with Gasteiger partial charge in [-0.05, 0) is 38.0 Å². The maximum atomic E-state index is 2.46. The Morgan fingerprint density at radius 3 is 2.64 bits per heavy atom. The number of hydrogen-bond donors (Lipinski definition) is 0. The third kappa shape index (κ3) is 0.758. The molecule has 0 amide bonds. The first-order chi connectivity index (χ1) is 5.16. The second-order valence-electron chi connectivity index (χ2n) is 4.52. The molecule has 2 aliphatic rings. The van der Waals surface area contributed by atoms with Gasteiger partial charge in [-0.2, -0.15) is 0 Å². The molecule has 0 aromatic carbocycles. The zero-order chi connectivity index (χ0) is 8.06. The van der Waals surface area contributed by atoms with Crippen molar-refractivity contribution in [2.75, 3.05) is 0 Å². The van der Waals surface area contributed by atoms with Gasteiger partial charge in [-0.3, -0.25) is 0 Å². The molecule has 2 aliphatic carbocycles. The molecule has 0 aliphatic heterocycles. The summed E-state index contributed by atoms with van der Waals surface area (Å²) < 4.78 is 0. The highest BCUT2D eigenvalue weighted by atomic mass is 14.5. The maximum absolute atomic E-state index is 2.46. The van der Waals surface area contributed by atoms with Crippen LogP contribution in [0.3, 0.4) is 0 Å². The normalized spacial score (nSPS) is 43.4. The third-order valence-corrected chi connectivity index (χ3v) is 4.18. The zero-order valence-electron chi connectivity index (χ0n) is 7.91. The predicted octanol–water partition coefficient (Wildman–Crippen LogP) is 3.53. The van der Waals surface area contributed by atoms with Crippen molar-refractivity contribution in [1.82, 2.24) is 0 Å². The molecule has 2 unspecified atom stereocenters. The zero-order valence-corrected chi connectivity index (χ0v) is 7.91. The van der Waals surface area contributed by atoms with E-state index in [2.05, 4.69) is 20.8 Å². The van der Waals surface area contributed by atoms with Crippen LogP contribution in [0.1, 0.15) is 46.5 Å². The second kappa shape index (κ2) is 2.12. The van der Waals surface area contributed by atoms with Gasteiger partial charge < -0.3 is 0 Å². The first-order valence-electron chi connectivity index (χ1n) is 4.84. The van der Waals surface area contributed by atoms with Crippen LogP contribution >= 0.6 is 0 Å². The third-order valence-electron chi connectivity index (χ3n) is 4.18. The molecule has 0 heteroatoms. The van der Waals surface area contributed by atoms with Gasteiger partial charge in [0.05, 0.1) is 0 Å². The van der Waals surface area contributed by atoms with E-state index in [-0.39, 0.29) is 0 Å². The number of fused-ring (bicyclic) bond motifs is 1. The fourth-order valence-electron chi connectivity index (χ4n) is 3.11. The van der Waals surface area contributed by atoms with Gasteiger partial charge in [0.1, 0.15) is 0 Å². The Hall–Kier alpha value is -0.260. The molecule has 2 atom stereocenters. The van der Waals surface area contributed by atoms with E-state index in [1.165, 1.54) is 25.7 Å². The van der Waals surface area contributed by atoms with Gasteiger partial charge in [-0.25, -0.2) is 0 Å². The van der Waals surface area contributed by atoms with Crippen molar-refractivity contribution in [2.45, 2.75) is 46.5 Å². The summed E-state index contributed by atoms with van der Waals surface area (Å²) in [5, 5.41) is 0. The van der Waals surface area contributed by atoms with Gasteiger partial charge in [0.2, 0.25) is 0 Å². The quantitative estimate of drug-likeness (QED) is 0.463. The molecule has 0 N–H and O–H groups in total. The van der Waals surface area contributed by atoms with Gasteiger partial charge in [-0.1, -0.05) is 30.9 Å². The number of allylic oxidation sites excluding steroid dienone is 2. The van der Waals surface area contributed by atoms with Crippen molar-refractivity contribution >= 4 is 0 Å². The largest absolute Gasteiger partial charge is 0.0699 e. The van der Waals surface area contributed by atoms with Crippen LogP contribution in [0.2, 0.25) is 0 Å². The van der Waals surface area contributed by atoms with Crippen molar-refractivity contribution in [3.05, 3.63) is 11.1 Å². The van der Waals surface area contributed by atoms with E-state index in [9.17, 15) is 0 Å². The Morgan fingerprint density at radius 2 is 2.00 bits per heavy atom. The summed E-state index contributed by atoms with van der Waals surface area (Å²) in [6.45, 7) is 7.11. The van der Waals surface area contributed by atoms with E-state index >= 15 is 0 Å². The minimum Gasteiger partial charge on any atom is -0.0699 e. The van der Waals surface area contributed by atoms with Crippen LogP contribution in [0.4, 0.5) is 0 Å². The van der Waals surface area contributed by atoms with Gasteiger partial charge in [0, 0.05) is 0 Å². The van der Waals surface area contributed by atoms with Crippen LogP contribution in [0.5, 0.6) is 0 Å². The Balaban J connectivity index is 2.30.